The van der Waals surface area contributed by atoms with Crippen LogP contribution in [0.5, 0.6) is 5.75 Å². The van der Waals surface area contributed by atoms with E-state index in [-0.39, 0.29) is 23.8 Å². The normalized spacial score (nSPS) is 11.0. The Labute approximate surface area is 196 Å². The average Bonchev–Trinajstić information content (AvgIpc) is 2.82. The lowest BCUT2D eigenvalue weighted by Gasteiger charge is -2.21. The lowest BCUT2D eigenvalue weighted by atomic mass is 9.87. The van der Waals surface area contributed by atoms with E-state index in [0.29, 0.717) is 23.5 Å². The molecule has 33 heavy (non-hydrogen) atoms. The van der Waals surface area contributed by atoms with E-state index in [1.165, 1.54) is 10.5 Å². The van der Waals surface area contributed by atoms with E-state index >= 15 is 0 Å². The first-order chi connectivity index (χ1) is 15.8. The van der Waals surface area contributed by atoms with Crippen molar-refractivity contribution in [2.75, 3.05) is 25.1 Å². The van der Waals surface area contributed by atoms with Crippen LogP contribution in [-0.4, -0.2) is 32.0 Å². The summed E-state index contributed by atoms with van der Waals surface area (Å²) in [5.74, 6) is 0.191. The van der Waals surface area contributed by atoms with Crippen LogP contribution in [0.3, 0.4) is 0 Å². The summed E-state index contributed by atoms with van der Waals surface area (Å²) in [7, 11) is 1.66. The van der Waals surface area contributed by atoms with Crippen LogP contribution >= 0.6 is 0 Å². The highest BCUT2D eigenvalue weighted by Gasteiger charge is 2.19. The molecule has 2 amide bonds. The van der Waals surface area contributed by atoms with Gasteiger partial charge in [-0.25, -0.2) is 0 Å². The summed E-state index contributed by atoms with van der Waals surface area (Å²) in [4.78, 5) is 27.0. The second-order valence-electron chi connectivity index (χ2n) is 9.02. The zero-order chi connectivity index (χ0) is 23.8. The van der Waals surface area contributed by atoms with Gasteiger partial charge in [-0.1, -0.05) is 75.4 Å². The topological polar surface area (TPSA) is 58.6 Å². The Hall–Kier alpha value is -3.60. The van der Waals surface area contributed by atoms with Gasteiger partial charge in [-0.15, -0.1) is 0 Å². The molecule has 0 aliphatic heterocycles. The first-order valence-corrected chi connectivity index (χ1v) is 11.2. The molecular weight excluding hydrogens is 412 g/mol. The number of ether oxygens (including phenoxy) is 1. The summed E-state index contributed by atoms with van der Waals surface area (Å²) < 4.78 is 5.70. The molecule has 0 unspecified atom stereocenters. The highest BCUT2D eigenvalue weighted by Crippen LogP contribution is 2.24. The number of carbonyl (C=O) groups is 2. The van der Waals surface area contributed by atoms with Gasteiger partial charge in [-0.05, 0) is 47.2 Å². The van der Waals surface area contributed by atoms with E-state index in [2.05, 4.69) is 26.1 Å². The molecule has 5 heteroatoms. The van der Waals surface area contributed by atoms with E-state index < -0.39 is 0 Å². The molecule has 3 aromatic carbocycles. The number of hydrogen-bond acceptors (Lipinski definition) is 3. The zero-order valence-electron chi connectivity index (χ0n) is 19.8. The fraction of sp³-hybridized carbons (Fsp3) is 0.286. The minimum Gasteiger partial charge on any atom is -0.484 e. The van der Waals surface area contributed by atoms with Crippen LogP contribution in [0.4, 0.5) is 5.69 Å². The van der Waals surface area contributed by atoms with Gasteiger partial charge in [0.2, 0.25) is 0 Å². The minimum absolute atomic E-state index is 0.0555. The molecule has 0 aliphatic carbocycles. The number of benzene rings is 3. The van der Waals surface area contributed by atoms with Crippen molar-refractivity contribution in [3.8, 4) is 5.75 Å². The molecule has 0 bridgehead atoms. The van der Waals surface area contributed by atoms with Gasteiger partial charge in [0.15, 0.2) is 6.61 Å². The van der Waals surface area contributed by atoms with Gasteiger partial charge >= 0.3 is 0 Å². The molecule has 0 heterocycles. The Balaban J connectivity index is 1.59. The molecule has 0 atom stereocenters. The molecule has 172 valence electrons. The lowest BCUT2D eigenvalue weighted by molar-refractivity contribution is -0.120. The van der Waals surface area contributed by atoms with E-state index in [1.807, 2.05) is 60.7 Å². The highest BCUT2D eigenvalue weighted by atomic mass is 16.5. The molecule has 0 saturated carbocycles. The maximum Gasteiger partial charge on any atom is 0.264 e. The monoisotopic (exact) mass is 444 g/mol. The minimum atomic E-state index is -0.237. The molecular formula is C28H32N2O3. The molecule has 0 aliphatic rings. The molecule has 0 saturated heterocycles. The van der Waals surface area contributed by atoms with Crippen LogP contribution in [0, 0.1) is 0 Å². The Bertz CT molecular complexity index is 1070. The fourth-order valence-corrected chi connectivity index (χ4v) is 3.45. The van der Waals surface area contributed by atoms with Crippen molar-refractivity contribution in [1.29, 1.82) is 0 Å². The predicted octanol–water partition coefficient (Wildman–Crippen LogP) is 5.00. The van der Waals surface area contributed by atoms with Crippen LogP contribution < -0.4 is 15.0 Å². The largest absolute Gasteiger partial charge is 0.484 e. The number of likely N-dealkylation sites (N-methyl/N-ethyl adjacent to an activating group) is 1. The number of hydrogen-bond donors (Lipinski definition) is 1. The van der Waals surface area contributed by atoms with Gasteiger partial charge in [0, 0.05) is 13.6 Å². The number of anilines is 1. The zero-order valence-corrected chi connectivity index (χ0v) is 19.8. The number of para-hydroxylation sites is 1. The summed E-state index contributed by atoms with van der Waals surface area (Å²) in [5.41, 5.74) is 3.42. The third-order valence-electron chi connectivity index (χ3n) is 5.51. The number of amides is 2. The SMILES string of the molecule is CN(C(=O)COc1ccc(C(C)(C)C)cc1)c1ccccc1C(=O)NCCc1ccccc1. The lowest BCUT2D eigenvalue weighted by Crippen LogP contribution is -2.34. The number of nitrogens with zero attached hydrogens (tertiary/aromatic N) is 1. The summed E-state index contributed by atoms with van der Waals surface area (Å²) >= 11 is 0. The van der Waals surface area contributed by atoms with Gasteiger partial charge in [-0.3, -0.25) is 9.59 Å². The van der Waals surface area contributed by atoms with Crippen molar-refractivity contribution in [2.45, 2.75) is 32.6 Å². The van der Waals surface area contributed by atoms with Crippen molar-refractivity contribution in [3.63, 3.8) is 0 Å². The standard InChI is InChI=1S/C28H32N2O3/c1-28(2,3)22-14-16-23(17-15-22)33-20-26(31)30(4)25-13-9-8-12-24(25)27(32)29-19-18-21-10-6-5-7-11-21/h5-17H,18-20H2,1-4H3,(H,29,32). The second kappa shape index (κ2) is 10.8. The Morgan fingerprint density at radius 3 is 2.18 bits per heavy atom. The second-order valence-corrected chi connectivity index (χ2v) is 9.02. The quantitative estimate of drug-likeness (QED) is 0.532. The number of carbonyl (C=O) groups excluding carboxylic acids is 2. The predicted molar refractivity (Wildman–Crippen MR) is 133 cm³/mol. The molecule has 0 radical (unpaired) electrons. The molecule has 3 aromatic rings. The third kappa shape index (κ3) is 6.69. The van der Waals surface area contributed by atoms with Gasteiger partial charge in [0.05, 0.1) is 11.3 Å². The van der Waals surface area contributed by atoms with Crippen LogP contribution in [0.1, 0.15) is 42.3 Å². The summed E-state index contributed by atoms with van der Waals surface area (Å²) in [6, 6.07) is 24.9. The molecule has 0 fully saturated rings. The number of rotatable bonds is 8. The first kappa shape index (κ1) is 24.1. The smallest absolute Gasteiger partial charge is 0.264 e. The van der Waals surface area contributed by atoms with Gasteiger partial charge in [-0.2, -0.15) is 0 Å². The highest BCUT2D eigenvalue weighted by molar-refractivity contribution is 6.04. The molecule has 1 N–H and O–H groups in total. The molecule has 0 spiro atoms. The summed E-state index contributed by atoms with van der Waals surface area (Å²) in [6.45, 7) is 6.85. The van der Waals surface area contributed by atoms with Gasteiger partial charge < -0.3 is 15.0 Å². The van der Waals surface area contributed by atoms with Crippen molar-refractivity contribution in [2.24, 2.45) is 0 Å². The van der Waals surface area contributed by atoms with Crippen molar-refractivity contribution in [3.05, 3.63) is 95.6 Å². The maximum absolute atomic E-state index is 12.8. The van der Waals surface area contributed by atoms with Gasteiger partial charge in [0.1, 0.15) is 5.75 Å². The van der Waals surface area contributed by atoms with Crippen LogP contribution in [0.15, 0.2) is 78.9 Å². The van der Waals surface area contributed by atoms with Crippen LogP contribution in [0.2, 0.25) is 0 Å². The average molecular weight is 445 g/mol. The van der Waals surface area contributed by atoms with E-state index in [4.69, 9.17) is 4.74 Å². The molecule has 5 nitrogen and oxygen atoms in total. The number of nitrogens with one attached hydrogen (secondary N) is 1. The maximum atomic E-state index is 12.8. The van der Waals surface area contributed by atoms with Crippen LogP contribution in [-0.2, 0) is 16.6 Å². The van der Waals surface area contributed by atoms with E-state index in [9.17, 15) is 9.59 Å². The first-order valence-electron chi connectivity index (χ1n) is 11.2. The molecule has 0 aromatic heterocycles. The van der Waals surface area contributed by atoms with Crippen molar-refractivity contribution < 1.29 is 14.3 Å². The summed E-state index contributed by atoms with van der Waals surface area (Å²) in [5, 5.41) is 2.95. The van der Waals surface area contributed by atoms with Gasteiger partial charge in [0.25, 0.3) is 11.8 Å². The fourth-order valence-electron chi connectivity index (χ4n) is 3.45. The molecule has 3 rings (SSSR count). The Kier molecular flexibility index (Phi) is 7.88. The Morgan fingerprint density at radius 1 is 0.879 bits per heavy atom. The van der Waals surface area contributed by atoms with Crippen LogP contribution in [0.25, 0.3) is 0 Å². The summed E-state index contributed by atoms with van der Waals surface area (Å²) in [6.07, 6.45) is 0.741. The Morgan fingerprint density at radius 2 is 1.52 bits per heavy atom. The third-order valence-corrected chi connectivity index (χ3v) is 5.51. The van der Waals surface area contributed by atoms with E-state index in [0.717, 1.165) is 12.0 Å². The van der Waals surface area contributed by atoms with E-state index in [1.54, 1.807) is 25.2 Å². The van der Waals surface area contributed by atoms with Crippen molar-refractivity contribution >= 4 is 17.5 Å². The van der Waals surface area contributed by atoms with Crippen molar-refractivity contribution in [1.82, 2.24) is 5.32 Å².